The van der Waals surface area contributed by atoms with E-state index in [0.717, 1.165) is 12.1 Å². The van der Waals surface area contributed by atoms with Crippen LogP contribution in [0.2, 0.25) is 0 Å². The summed E-state index contributed by atoms with van der Waals surface area (Å²) in [6.07, 6.45) is -8.03. The van der Waals surface area contributed by atoms with Gasteiger partial charge >= 0.3 is 18.3 Å². The van der Waals surface area contributed by atoms with E-state index in [-0.39, 0.29) is 36.7 Å². The quantitative estimate of drug-likeness (QED) is 0.791. The molecule has 2 aromatic rings. The molecule has 0 saturated heterocycles. The lowest BCUT2D eigenvalue weighted by atomic mass is 9.89. The molecule has 1 unspecified atom stereocenters. The molecule has 140 valence electrons. The number of fused-ring (bicyclic) bond motifs is 1. The Balaban J connectivity index is 1.99. The second kappa shape index (κ2) is 6.03. The molecule has 0 fully saturated rings. The van der Waals surface area contributed by atoms with E-state index in [1.54, 1.807) is 0 Å². The van der Waals surface area contributed by atoms with Crippen molar-refractivity contribution >= 4 is 5.97 Å². The second-order valence-corrected chi connectivity index (χ2v) is 6.07. The maximum Gasteiger partial charge on any atom is 0.416 e. The van der Waals surface area contributed by atoms with Gasteiger partial charge in [-0.3, -0.25) is 0 Å². The number of alkyl halides is 6. The van der Waals surface area contributed by atoms with Gasteiger partial charge in [0.25, 0.3) is 0 Å². The number of rotatable bonds is 2. The zero-order valence-electron chi connectivity index (χ0n) is 13.0. The number of nitrogens with zero attached hydrogens (tertiary/aromatic N) is 2. The van der Waals surface area contributed by atoms with Gasteiger partial charge in [-0.05, 0) is 30.2 Å². The number of hydrogen-bond donors (Lipinski definition) is 1. The number of carboxylic acids is 1. The van der Waals surface area contributed by atoms with E-state index in [0.29, 0.717) is 5.82 Å². The van der Waals surface area contributed by atoms with Crippen LogP contribution in [0.5, 0.6) is 0 Å². The molecule has 2 heterocycles. The van der Waals surface area contributed by atoms with E-state index in [2.05, 4.69) is 4.98 Å². The number of aromatic nitrogens is 2. The summed E-state index contributed by atoms with van der Waals surface area (Å²) in [5.74, 6) is -1.41. The van der Waals surface area contributed by atoms with Crippen LogP contribution in [0.15, 0.2) is 24.4 Å². The maximum absolute atomic E-state index is 13.0. The number of benzene rings is 1. The van der Waals surface area contributed by atoms with Crippen molar-refractivity contribution in [2.75, 3.05) is 0 Å². The fraction of sp³-hybridized carbons (Fsp3) is 0.375. The third-order valence-corrected chi connectivity index (χ3v) is 4.29. The van der Waals surface area contributed by atoms with E-state index in [9.17, 15) is 31.1 Å². The van der Waals surface area contributed by atoms with Crippen molar-refractivity contribution in [3.05, 3.63) is 52.6 Å². The minimum Gasteiger partial charge on any atom is -0.476 e. The van der Waals surface area contributed by atoms with Gasteiger partial charge in [-0.2, -0.15) is 26.3 Å². The first-order valence-corrected chi connectivity index (χ1v) is 7.54. The molecule has 0 bridgehead atoms. The van der Waals surface area contributed by atoms with E-state index < -0.39 is 35.4 Å². The summed E-state index contributed by atoms with van der Waals surface area (Å²) >= 11 is 0. The van der Waals surface area contributed by atoms with Crippen LogP contribution in [0.4, 0.5) is 26.3 Å². The Kier molecular flexibility index (Phi) is 4.24. The number of imidazole rings is 1. The van der Waals surface area contributed by atoms with Crippen LogP contribution >= 0.6 is 0 Å². The van der Waals surface area contributed by atoms with Crippen LogP contribution < -0.4 is 0 Å². The molecule has 1 aliphatic rings. The molecule has 1 aliphatic heterocycles. The predicted molar refractivity (Wildman–Crippen MR) is 76.7 cm³/mol. The van der Waals surface area contributed by atoms with Crippen molar-refractivity contribution in [1.82, 2.24) is 9.55 Å². The van der Waals surface area contributed by atoms with E-state index in [1.165, 1.54) is 10.8 Å². The Morgan fingerprint density at radius 1 is 1.08 bits per heavy atom. The van der Waals surface area contributed by atoms with Crippen molar-refractivity contribution in [3.63, 3.8) is 0 Å². The lowest BCUT2D eigenvalue weighted by Crippen LogP contribution is -2.20. The van der Waals surface area contributed by atoms with Crippen LogP contribution in [0, 0.1) is 0 Å². The summed E-state index contributed by atoms with van der Waals surface area (Å²) in [7, 11) is 0. The molecule has 3 rings (SSSR count). The van der Waals surface area contributed by atoms with Crippen molar-refractivity contribution in [2.24, 2.45) is 0 Å². The minimum atomic E-state index is -4.90. The van der Waals surface area contributed by atoms with Gasteiger partial charge in [-0.1, -0.05) is 0 Å². The normalized spacial score (nSPS) is 17.8. The zero-order chi connectivity index (χ0) is 19.3. The van der Waals surface area contributed by atoms with E-state index in [1.807, 2.05) is 0 Å². The Morgan fingerprint density at radius 3 is 2.15 bits per heavy atom. The van der Waals surface area contributed by atoms with Gasteiger partial charge in [0.05, 0.1) is 11.1 Å². The topological polar surface area (TPSA) is 55.1 Å². The number of aromatic carboxylic acids is 1. The molecule has 0 saturated carbocycles. The summed E-state index contributed by atoms with van der Waals surface area (Å²) in [5, 5.41) is 8.94. The summed E-state index contributed by atoms with van der Waals surface area (Å²) < 4.78 is 79.4. The standard InChI is InChI=1S/C16H12F6N2O2/c17-15(18,19)10-3-9(4-11(5-10)16(20,21)22)8-1-2-13-23-12(14(25)26)7-24(13)6-8/h3-5,7-8H,1-2,6H2,(H,25,26). The smallest absolute Gasteiger partial charge is 0.416 e. The van der Waals surface area contributed by atoms with Gasteiger partial charge in [0, 0.05) is 25.1 Å². The molecule has 1 aromatic heterocycles. The van der Waals surface area contributed by atoms with Gasteiger partial charge in [0.1, 0.15) is 5.82 Å². The van der Waals surface area contributed by atoms with Crippen LogP contribution in [-0.2, 0) is 25.3 Å². The first-order valence-electron chi connectivity index (χ1n) is 7.54. The van der Waals surface area contributed by atoms with Crippen LogP contribution in [0.25, 0.3) is 0 Å². The highest BCUT2D eigenvalue weighted by Gasteiger charge is 2.38. The molecule has 26 heavy (non-hydrogen) atoms. The average Bonchev–Trinajstić information content (AvgIpc) is 2.96. The molecule has 0 amide bonds. The lowest BCUT2D eigenvalue weighted by molar-refractivity contribution is -0.143. The number of carbonyl (C=O) groups is 1. The maximum atomic E-state index is 13.0. The van der Waals surface area contributed by atoms with Crippen molar-refractivity contribution in [2.45, 2.75) is 37.7 Å². The fourth-order valence-corrected chi connectivity index (χ4v) is 3.03. The van der Waals surface area contributed by atoms with Gasteiger partial charge in [0.15, 0.2) is 5.69 Å². The average molecular weight is 378 g/mol. The van der Waals surface area contributed by atoms with Gasteiger partial charge in [-0.15, -0.1) is 0 Å². The molecular weight excluding hydrogens is 366 g/mol. The highest BCUT2D eigenvalue weighted by molar-refractivity contribution is 5.85. The lowest BCUT2D eigenvalue weighted by Gasteiger charge is -2.25. The minimum absolute atomic E-state index is 0.0637. The van der Waals surface area contributed by atoms with Gasteiger partial charge < -0.3 is 9.67 Å². The molecule has 1 N–H and O–H groups in total. The summed E-state index contributed by atoms with van der Waals surface area (Å²) in [4.78, 5) is 14.8. The second-order valence-electron chi connectivity index (χ2n) is 6.07. The molecular formula is C16H12F6N2O2. The van der Waals surface area contributed by atoms with Gasteiger partial charge in [0.2, 0.25) is 0 Å². The molecule has 1 atom stereocenters. The molecule has 0 aliphatic carbocycles. The van der Waals surface area contributed by atoms with Gasteiger partial charge in [-0.25, -0.2) is 9.78 Å². The third kappa shape index (κ3) is 3.54. The summed E-state index contributed by atoms with van der Waals surface area (Å²) in [5.41, 5.74) is -3.00. The van der Waals surface area contributed by atoms with Crippen LogP contribution in [-0.4, -0.2) is 20.6 Å². The molecule has 4 nitrogen and oxygen atoms in total. The highest BCUT2D eigenvalue weighted by Crippen LogP contribution is 2.39. The number of hydrogen-bond acceptors (Lipinski definition) is 2. The number of carboxylic acid groups (broad SMARTS) is 1. The number of aryl methyl sites for hydroxylation is 1. The van der Waals surface area contributed by atoms with E-state index in [4.69, 9.17) is 5.11 Å². The summed E-state index contributed by atoms with van der Waals surface area (Å²) in [6.45, 7) is 0.0637. The predicted octanol–water partition coefficient (Wildman–Crippen LogP) is 4.35. The first-order chi connectivity index (χ1) is 11.9. The summed E-state index contributed by atoms with van der Waals surface area (Å²) in [6, 6.07) is 1.54. The fourth-order valence-electron chi connectivity index (χ4n) is 3.03. The van der Waals surface area contributed by atoms with E-state index >= 15 is 0 Å². The Morgan fingerprint density at radius 2 is 1.65 bits per heavy atom. The van der Waals surface area contributed by atoms with Crippen molar-refractivity contribution in [1.29, 1.82) is 0 Å². The van der Waals surface area contributed by atoms with Crippen LogP contribution in [0.1, 0.15) is 45.3 Å². The third-order valence-electron chi connectivity index (χ3n) is 4.29. The molecule has 0 radical (unpaired) electrons. The largest absolute Gasteiger partial charge is 0.476 e. The monoisotopic (exact) mass is 378 g/mol. The van der Waals surface area contributed by atoms with Crippen molar-refractivity contribution in [3.8, 4) is 0 Å². The molecule has 1 aromatic carbocycles. The van der Waals surface area contributed by atoms with Crippen LogP contribution in [0.3, 0.4) is 0 Å². The molecule has 0 spiro atoms. The Bertz CT molecular complexity index is 821. The van der Waals surface area contributed by atoms with Crippen molar-refractivity contribution < 1.29 is 36.2 Å². The highest BCUT2D eigenvalue weighted by atomic mass is 19.4. The SMILES string of the molecule is O=C(O)c1cn2c(n1)CCC(c1cc(C(F)(F)F)cc(C(F)(F)F)c1)C2. The molecule has 10 heteroatoms. The first kappa shape index (κ1) is 18.3. The Labute approximate surface area is 143 Å². The zero-order valence-corrected chi connectivity index (χ0v) is 13.0. The Hall–Kier alpha value is -2.52. The number of halogens is 6.